The van der Waals surface area contributed by atoms with Crippen molar-refractivity contribution in [2.45, 2.75) is 19.3 Å². The smallest absolute Gasteiger partial charge is 0.319 e. The lowest BCUT2D eigenvalue weighted by atomic mass is 9.99. The Labute approximate surface area is 164 Å². The first-order chi connectivity index (χ1) is 13.5. The summed E-state index contributed by atoms with van der Waals surface area (Å²) in [6.07, 6.45) is 1.12. The molecule has 2 aromatic rings. The summed E-state index contributed by atoms with van der Waals surface area (Å²) in [5.74, 6) is -0.385. The maximum Gasteiger partial charge on any atom is 0.319 e. The van der Waals surface area contributed by atoms with Crippen molar-refractivity contribution in [1.29, 1.82) is 0 Å². The average Bonchev–Trinajstić information content (AvgIpc) is 3.14. The van der Waals surface area contributed by atoms with Gasteiger partial charge in [-0.3, -0.25) is 4.79 Å². The Morgan fingerprint density at radius 1 is 1.14 bits per heavy atom. The van der Waals surface area contributed by atoms with Crippen LogP contribution in [0.15, 0.2) is 48.5 Å². The molecule has 1 heterocycles. The highest BCUT2D eigenvalue weighted by Crippen LogP contribution is 2.26. The molecule has 1 unspecified atom stereocenters. The standard InChI is InChI=1S/C21H25FN4O2/c1-15(27)24-20-13-18(7-8-19(20)22)25-21(28)23-10-12-26-11-9-17(14-26)16-5-3-2-4-6-16/h2-8,13,17H,9-12,14H2,1H3,(H,24,27)(H2,23,25,28). The number of carbonyl (C=O) groups is 2. The van der Waals surface area contributed by atoms with E-state index in [1.54, 1.807) is 0 Å². The van der Waals surface area contributed by atoms with Gasteiger partial charge in [0.05, 0.1) is 5.69 Å². The first kappa shape index (κ1) is 19.8. The first-order valence-corrected chi connectivity index (χ1v) is 9.40. The van der Waals surface area contributed by atoms with Gasteiger partial charge in [-0.1, -0.05) is 30.3 Å². The highest BCUT2D eigenvalue weighted by molar-refractivity contribution is 5.92. The fraction of sp³-hybridized carbons (Fsp3) is 0.333. The second-order valence-electron chi connectivity index (χ2n) is 6.95. The number of nitrogens with zero attached hydrogens (tertiary/aromatic N) is 1. The van der Waals surface area contributed by atoms with Crippen molar-refractivity contribution in [3.63, 3.8) is 0 Å². The van der Waals surface area contributed by atoms with Crippen LogP contribution in [-0.4, -0.2) is 43.0 Å². The van der Waals surface area contributed by atoms with Gasteiger partial charge in [-0.25, -0.2) is 9.18 Å². The zero-order valence-electron chi connectivity index (χ0n) is 15.9. The molecule has 2 aromatic carbocycles. The van der Waals surface area contributed by atoms with Crippen molar-refractivity contribution in [3.8, 4) is 0 Å². The van der Waals surface area contributed by atoms with Gasteiger partial charge in [0.15, 0.2) is 0 Å². The van der Waals surface area contributed by atoms with Crippen LogP contribution < -0.4 is 16.0 Å². The van der Waals surface area contributed by atoms with Gasteiger partial charge in [0.25, 0.3) is 0 Å². The third-order valence-electron chi connectivity index (χ3n) is 4.79. The molecule has 1 aliphatic heterocycles. The van der Waals surface area contributed by atoms with Crippen LogP contribution in [0.5, 0.6) is 0 Å². The van der Waals surface area contributed by atoms with E-state index in [4.69, 9.17) is 0 Å². The number of amides is 3. The van der Waals surface area contributed by atoms with Crippen molar-refractivity contribution in [3.05, 3.63) is 59.9 Å². The molecule has 7 heteroatoms. The number of hydrogen-bond donors (Lipinski definition) is 3. The number of rotatable bonds is 6. The second kappa shape index (κ2) is 9.32. The minimum Gasteiger partial charge on any atom is -0.337 e. The van der Waals surface area contributed by atoms with Gasteiger partial charge in [-0.05, 0) is 42.6 Å². The third-order valence-corrected chi connectivity index (χ3v) is 4.79. The van der Waals surface area contributed by atoms with E-state index in [1.165, 1.54) is 30.7 Å². The van der Waals surface area contributed by atoms with Gasteiger partial charge >= 0.3 is 6.03 Å². The molecule has 28 heavy (non-hydrogen) atoms. The lowest BCUT2D eigenvalue weighted by Gasteiger charge is -2.17. The van der Waals surface area contributed by atoms with Crippen LogP contribution in [-0.2, 0) is 4.79 Å². The van der Waals surface area contributed by atoms with Crippen molar-refractivity contribution >= 4 is 23.3 Å². The highest BCUT2D eigenvalue weighted by atomic mass is 19.1. The van der Waals surface area contributed by atoms with Crippen molar-refractivity contribution in [2.75, 3.05) is 36.8 Å². The maximum absolute atomic E-state index is 13.6. The Balaban J connectivity index is 1.42. The molecule has 0 bridgehead atoms. The Hall–Kier alpha value is -2.93. The molecule has 6 nitrogen and oxygen atoms in total. The summed E-state index contributed by atoms with van der Waals surface area (Å²) in [5.41, 5.74) is 1.81. The summed E-state index contributed by atoms with van der Waals surface area (Å²) in [4.78, 5) is 25.5. The molecule has 1 fully saturated rings. The van der Waals surface area contributed by atoms with E-state index >= 15 is 0 Å². The van der Waals surface area contributed by atoms with Crippen LogP contribution in [0.3, 0.4) is 0 Å². The lowest BCUT2D eigenvalue weighted by Crippen LogP contribution is -2.36. The number of anilines is 2. The normalized spacial score (nSPS) is 16.6. The summed E-state index contributed by atoms with van der Waals surface area (Å²) in [6, 6.07) is 14.2. The van der Waals surface area contributed by atoms with Crippen LogP contribution >= 0.6 is 0 Å². The van der Waals surface area contributed by atoms with Crippen LogP contribution in [0.25, 0.3) is 0 Å². The average molecular weight is 384 g/mol. The van der Waals surface area contributed by atoms with Gasteiger partial charge in [-0.2, -0.15) is 0 Å². The van der Waals surface area contributed by atoms with Gasteiger partial charge in [-0.15, -0.1) is 0 Å². The summed E-state index contributed by atoms with van der Waals surface area (Å²) in [7, 11) is 0. The summed E-state index contributed by atoms with van der Waals surface area (Å²) in [5, 5.41) is 7.86. The van der Waals surface area contributed by atoms with Gasteiger partial charge in [0, 0.05) is 32.2 Å². The molecule has 3 N–H and O–H groups in total. The van der Waals surface area contributed by atoms with Crippen LogP contribution in [0.4, 0.5) is 20.6 Å². The van der Waals surface area contributed by atoms with Gasteiger partial charge in [0.2, 0.25) is 5.91 Å². The topological polar surface area (TPSA) is 73.5 Å². The maximum atomic E-state index is 13.6. The Kier molecular flexibility index (Phi) is 6.60. The number of carbonyl (C=O) groups excluding carboxylic acids is 2. The third kappa shape index (κ3) is 5.53. The quantitative estimate of drug-likeness (QED) is 0.715. The number of urea groups is 1. The van der Waals surface area contributed by atoms with E-state index in [1.807, 2.05) is 6.07 Å². The van der Waals surface area contributed by atoms with Gasteiger partial charge in [0.1, 0.15) is 5.82 Å². The summed E-state index contributed by atoms with van der Waals surface area (Å²) in [6.45, 7) is 4.60. The SMILES string of the molecule is CC(=O)Nc1cc(NC(=O)NCCN2CCC(c3ccccc3)C2)ccc1F. The molecule has 0 radical (unpaired) electrons. The number of hydrogen-bond acceptors (Lipinski definition) is 3. The fourth-order valence-electron chi connectivity index (χ4n) is 3.42. The van der Waals surface area contributed by atoms with Crippen LogP contribution in [0.1, 0.15) is 24.8 Å². The van der Waals surface area contributed by atoms with E-state index in [2.05, 4.69) is 45.1 Å². The van der Waals surface area contributed by atoms with E-state index in [0.29, 0.717) is 18.2 Å². The molecule has 0 aromatic heterocycles. The van der Waals surface area contributed by atoms with E-state index < -0.39 is 5.82 Å². The summed E-state index contributed by atoms with van der Waals surface area (Å²) >= 11 is 0. The Bertz CT molecular complexity index is 828. The predicted molar refractivity (Wildman–Crippen MR) is 108 cm³/mol. The number of nitrogens with one attached hydrogen (secondary N) is 3. The Morgan fingerprint density at radius 2 is 1.93 bits per heavy atom. The predicted octanol–water partition coefficient (Wildman–Crippen LogP) is 3.40. The second-order valence-corrected chi connectivity index (χ2v) is 6.95. The first-order valence-electron chi connectivity index (χ1n) is 9.40. The lowest BCUT2D eigenvalue weighted by molar-refractivity contribution is -0.114. The molecule has 3 amide bonds. The van der Waals surface area contributed by atoms with Crippen LogP contribution in [0, 0.1) is 5.82 Å². The molecule has 0 spiro atoms. The largest absolute Gasteiger partial charge is 0.337 e. The molecule has 148 valence electrons. The number of likely N-dealkylation sites (tertiary alicyclic amines) is 1. The minimum atomic E-state index is -0.553. The molecule has 0 saturated carbocycles. The molecule has 1 saturated heterocycles. The zero-order chi connectivity index (χ0) is 19.9. The molecule has 1 atom stereocenters. The summed E-state index contributed by atoms with van der Waals surface area (Å²) < 4.78 is 13.6. The van der Waals surface area contributed by atoms with Crippen molar-refractivity contribution < 1.29 is 14.0 Å². The van der Waals surface area contributed by atoms with E-state index in [9.17, 15) is 14.0 Å². The zero-order valence-corrected chi connectivity index (χ0v) is 15.9. The van der Waals surface area contributed by atoms with E-state index in [-0.39, 0.29) is 17.6 Å². The van der Waals surface area contributed by atoms with Crippen molar-refractivity contribution in [2.24, 2.45) is 0 Å². The molecule has 3 rings (SSSR count). The number of halogens is 1. The van der Waals surface area contributed by atoms with E-state index in [0.717, 1.165) is 26.1 Å². The molecule has 1 aliphatic rings. The number of benzene rings is 2. The van der Waals surface area contributed by atoms with Crippen molar-refractivity contribution in [1.82, 2.24) is 10.2 Å². The van der Waals surface area contributed by atoms with Gasteiger partial charge < -0.3 is 20.9 Å². The fourth-order valence-corrected chi connectivity index (χ4v) is 3.42. The highest BCUT2D eigenvalue weighted by Gasteiger charge is 2.23. The minimum absolute atomic E-state index is 0.0364. The van der Waals surface area contributed by atoms with Crippen LogP contribution in [0.2, 0.25) is 0 Å². The molecular formula is C21H25FN4O2. The molecular weight excluding hydrogens is 359 g/mol. The monoisotopic (exact) mass is 384 g/mol. The Morgan fingerprint density at radius 3 is 2.68 bits per heavy atom. The molecule has 0 aliphatic carbocycles.